The van der Waals surface area contributed by atoms with E-state index >= 15 is 0 Å². The van der Waals surface area contributed by atoms with Crippen molar-refractivity contribution >= 4 is 29.9 Å². The van der Waals surface area contributed by atoms with Crippen LogP contribution in [0.3, 0.4) is 0 Å². The van der Waals surface area contributed by atoms with Crippen LogP contribution in [0.15, 0.2) is 39.8 Å². The number of nitrogens with one attached hydrogen (secondary N) is 2. The van der Waals surface area contributed by atoms with Gasteiger partial charge in [-0.05, 0) is 31.2 Å². The number of hydrogen-bond acceptors (Lipinski definition) is 5. The molecule has 2 N–H and O–H groups in total. The van der Waals surface area contributed by atoms with Crippen LogP contribution < -0.4 is 10.6 Å². The molecule has 2 atom stereocenters. The van der Waals surface area contributed by atoms with Crippen LogP contribution in [-0.2, 0) is 13.1 Å². The van der Waals surface area contributed by atoms with Gasteiger partial charge < -0.3 is 15.2 Å². The maximum atomic E-state index is 5.01. The summed E-state index contributed by atoms with van der Waals surface area (Å²) in [5.41, 5.74) is 1.41. The predicted octanol–water partition coefficient (Wildman–Crippen LogP) is 2.86. The minimum atomic E-state index is 0. The Morgan fingerprint density at radius 3 is 2.54 bits per heavy atom. The van der Waals surface area contributed by atoms with Crippen molar-refractivity contribution in [3.8, 4) is 0 Å². The molecule has 7 nitrogen and oxygen atoms in total. The lowest BCUT2D eigenvalue weighted by Gasteiger charge is -2.39. The molecule has 2 fully saturated rings. The van der Waals surface area contributed by atoms with E-state index in [4.69, 9.17) is 4.52 Å². The summed E-state index contributed by atoms with van der Waals surface area (Å²) in [6.45, 7) is 3.37. The Labute approximate surface area is 183 Å². The molecule has 1 aromatic heterocycles. The van der Waals surface area contributed by atoms with Crippen molar-refractivity contribution in [2.75, 3.05) is 7.05 Å². The smallest absolute Gasteiger partial charge is 0.223 e. The second-order valence-corrected chi connectivity index (χ2v) is 7.51. The molecule has 2 aliphatic rings. The van der Waals surface area contributed by atoms with E-state index in [0.29, 0.717) is 36.4 Å². The first-order valence-electron chi connectivity index (χ1n) is 9.77. The van der Waals surface area contributed by atoms with Gasteiger partial charge in [-0.2, -0.15) is 4.98 Å². The Kier molecular flexibility index (Phi) is 7.28. The van der Waals surface area contributed by atoms with Gasteiger partial charge in [-0.15, -0.1) is 24.0 Å². The normalized spacial score (nSPS) is 24.6. The van der Waals surface area contributed by atoms with Gasteiger partial charge in [0.15, 0.2) is 11.8 Å². The van der Waals surface area contributed by atoms with Crippen molar-refractivity contribution < 1.29 is 4.52 Å². The third-order valence-corrected chi connectivity index (χ3v) is 5.64. The van der Waals surface area contributed by atoms with E-state index in [-0.39, 0.29) is 24.0 Å². The first kappa shape index (κ1) is 21.0. The Morgan fingerprint density at radius 2 is 1.93 bits per heavy atom. The number of nitrogens with zero attached hydrogens (tertiary/aromatic N) is 4. The van der Waals surface area contributed by atoms with Crippen LogP contribution in [0.2, 0.25) is 0 Å². The van der Waals surface area contributed by atoms with Crippen LogP contribution in [-0.4, -0.2) is 46.2 Å². The van der Waals surface area contributed by atoms with Gasteiger partial charge in [0.25, 0.3) is 0 Å². The third-order valence-electron chi connectivity index (χ3n) is 5.64. The zero-order valence-electron chi connectivity index (χ0n) is 16.5. The van der Waals surface area contributed by atoms with E-state index in [1.54, 1.807) is 14.0 Å². The number of hydrogen-bond donors (Lipinski definition) is 2. The first-order chi connectivity index (χ1) is 13.2. The summed E-state index contributed by atoms with van der Waals surface area (Å²) in [4.78, 5) is 11.3. The van der Waals surface area contributed by atoms with Crippen LogP contribution in [0.1, 0.15) is 43.0 Å². The summed E-state index contributed by atoms with van der Waals surface area (Å²) in [6.07, 6.45) is 4.91. The number of aryl methyl sites for hydroxylation is 1. The topological polar surface area (TPSA) is 78.6 Å². The van der Waals surface area contributed by atoms with E-state index in [0.717, 1.165) is 25.3 Å². The number of piperidine rings is 1. The molecule has 28 heavy (non-hydrogen) atoms. The minimum Gasteiger partial charge on any atom is -0.354 e. The van der Waals surface area contributed by atoms with Crippen molar-refractivity contribution in [3.63, 3.8) is 0 Å². The van der Waals surface area contributed by atoms with Crippen molar-refractivity contribution in [2.24, 2.45) is 4.99 Å². The summed E-state index contributed by atoms with van der Waals surface area (Å²) in [5, 5.41) is 10.8. The fourth-order valence-electron chi connectivity index (χ4n) is 4.41. The van der Waals surface area contributed by atoms with E-state index in [1.165, 1.54) is 18.4 Å². The molecular weight excluding hydrogens is 467 g/mol. The second kappa shape index (κ2) is 9.69. The standard InChI is InChI=1S/C20H28N6O.HI/c1-14-23-19(25-27-14)12-22-20(21-2)24-16-10-17-8-9-18(11-16)26(17)13-15-6-4-3-5-7-15;/h3-7,16-18H,8-13H2,1-2H3,(H2,21,22,24);1H. The highest BCUT2D eigenvalue weighted by Crippen LogP contribution is 2.36. The van der Waals surface area contributed by atoms with Gasteiger partial charge in [-0.1, -0.05) is 35.5 Å². The average Bonchev–Trinajstić information content (AvgIpc) is 3.19. The van der Waals surface area contributed by atoms with Crippen LogP contribution in [0.25, 0.3) is 0 Å². The molecule has 2 saturated heterocycles. The molecule has 0 saturated carbocycles. The quantitative estimate of drug-likeness (QED) is 0.377. The van der Waals surface area contributed by atoms with Gasteiger partial charge in [-0.3, -0.25) is 9.89 Å². The molecule has 3 heterocycles. The molecule has 2 unspecified atom stereocenters. The van der Waals surface area contributed by atoms with Crippen molar-refractivity contribution in [1.82, 2.24) is 25.7 Å². The highest BCUT2D eigenvalue weighted by atomic mass is 127. The lowest BCUT2D eigenvalue weighted by Crippen LogP contribution is -2.52. The monoisotopic (exact) mass is 496 g/mol. The molecule has 8 heteroatoms. The summed E-state index contributed by atoms with van der Waals surface area (Å²) in [5.74, 6) is 2.03. The highest BCUT2D eigenvalue weighted by molar-refractivity contribution is 14.0. The zero-order valence-corrected chi connectivity index (χ0v) is 18.8. The molecular formula is C20H29IN6O. The highest BCUT2D eigenvalue weighted by Gasteiger charge is 2.40. The number of rotatable bonds is 5. The molecule has 0 amide bonds. The largest absolute Gasteiger partial charge is 0.354 e. The van der Waals surface area contributed by atoms with Crippen molar-refractivity contribution in [2.45, 2.75) is 63.8 Å². The van der Waals surface area contributed by atoms with Gasteiger partial charge in [0.2, 0.25) is 5.89 Å². The van der Waals surface area contributed by atoms with Crippen LogP contribution in [0, 0.1) is 6.92 Å². The molecule has 4 rings (SSSR count). The fourth-order valence-corrected chi connectivity index (χ4v) is 4.41. The molecule has 0 radical (unpaired) electrons. The molecule has 0 aliphatic carbocycles. The van der Waals surface area contributed by atoms with Crippen LogP contribution >= 0.6 is 24.0 Å². The van der Waals surface area contributed by atoms with Gasteiger partial charge >= 0.3 is 0 Å². The third kappa shape index (κ3) is 5.02. The summed E-state index contributed by atoms with van der Waals surface area (Å²) in [6, 6.07) is 12.6. The lowest BCUT2D eigenvalue weighted by atomic mass is 9.96. The van der Waals surface area contributed by atoms with Crippen molar-refractivity contribution in [3.05, 3.63) is 47.6 Å². The van der Waals surface area contributed by atoms with E-state index in [9.17, 15) is 0 Å². The first-order valence-corrected chi connectivity index (χ1v) is 9.77. The number of fused-ring (bicyclic) bond motifs is 2. The van der Waals surface area contributed by atoms with Crippen LogP contribution in [0.4, 0.5) is 0 Å². The maximum Gasteiger partial charge on any atom is 0.223 e. The van der Waals surface area contributed by atoms with Gasteiger partial charge in [-0.25, -0.2) is 0 Å². The van der Waals surface area contributed by atoms with Crippen molar-refractivity contribution in [1.29, 1.82) is 0 Å². The molecule has 2 aliphatic heterocycles. The van der Waals surface area contributed by atoms with E-state index < -0.39 is 0 Å². The summed E-state index contributed by atoms with van der Waals surface area (Å²) in [7, 11) is 1.80. The number of benzene rings is 1. The zero-order chi connectivity index (χ0) is 18.6. The number of guanidine groups is 1. The van der Waals surface area contributed by atoms with Gasteiger partial charge in [0.1, 0.15) is 0 Å². The predicted molar refractivity (Wildman–Crippen MR) is 120 cm³/mol. The fraction of sp³-hybridized carbons (Fsp3) is 0.550. The summed E-state index contributed by atoms with van der Waals surface area (Å²) < 4.78 is 5.01. The van der Waals surface area contributed by atoms with Crippen LogP contribution in [0.5, 0.6) is 0 Å². The SMILES string of the molecule is CN=C(NCc1noc(C)n1)NC1CC2CCC(C1)N2Cc1ccccc1.I. The lowest BCUT2D eigenvalue weighted by molar-refractivity contribution is 0.114. The summed E-state index contributed by atoms with van der Waals surface area (Å²) >= 11 is 0. The Bertz CT molecular complexity index is 766. The minimum absolute atomic E-state index is 0. The van der Waals surface area contributed by atoms with Gasteiger partial charge in [0, 0.05) is 38.6 Å². The molecule has 0 spiro atoms. The van der Waals surface area contributed by atoms with E-state index in [1.807, 2.05) is 0 Å². The number of aromatic nitrogens is 2. The Hall–Kier alpha value is -1.68. The molecule has 1 aromatic carbocycles. The maximum absolute atomic E-state index is 5.01. The number of halogens is 1. The Balaban J connectivity index is 0.00000225. The number of aliphatic imine (C=N–C) groups is 1. The second-order valence-electron chi connectivity index (χ2n) is 7.51. The molecule has 2 aromatic rings. The average molecular weight is 496 g/mol. The Morgan fingerprint density at radius 1 is 1.21 bits per heavy atom. The van der Waals surface area contributed by atoms with E-state index in [2.05, 4.69) is 61.0 Å². The molecule has 2 bridgehead atoms. The molecule has 152 valence electrons. The van der Waals surface area contributed by atoms with Gasteiger partial charge in [0.05, 0.1) is 6.54 Å².